The first-order valence-electron chi connectivity index (χ1n) is 5.63. The quantitative estimate of drug-likeness (QED) is 0.0529. The summed E-state index contributed by atoms with van der Waals surface area (Å²) < 4.78 is 12.5. The Bertz CT molecular complexity index is 165. The van der Waals surface area contributed by atoms with Crippen LogP contribution in [0.5, 0.6) is 0 Å². The van der Waals surface area contributed by atoms with E-state index in [1.54, 1.807) is 0 Å². The molecule has 0 aliphatic rings. The maximum atomic E-state index is 9.13. The normalized spacial score (nSPS) is 2.95. The Morgan fingerprint density at radius 1 is 0.328 bits per heavy atom. The van der Waals surface area contributed by atoms with Gasteiger partial charge in [-0.25, -0.2) is 5.26 Å². The Labute approximate surface area is 602 Å². The molecular weight excluding hydrogens is 1880 g/mol. The SMILES string of the molecule is CO.CO.CO.CO.CO.CO.CO.CO.CO.O.O.O.O.O.O.O.O.O.O.O.O.O.O.O.O=PP(O)O.OOP(O)P.[CH3-].[CH3-].[CH3-].[CH3-].[CH3-].[CH3-].[Zr+2].[Zr+2].[Zr].[Zr].[Zr].[Zr].[Zr].[Zr].[Zr].[Zr].[Zr].[Zr]. The fraction of sp³-hybridized carbons (Fsp3) is 0.600. The maximum absolute atomic E-state index is 9.13. The van der Waals surface area contributed by atoms with Crippen LogP contribution in [0.2, 0.25) is 0 Å². The molecule has 0 saturated carbocycles. The Morgan fingerprint density at radius 2 is 0.361 bits per heavy atom. The van der Waals surface area contributed by atoms with Crippen LogP contribution in [0.1, 0.15) is 0 Å². The summed E-state index contributed by atoms with van der Waals surface area (Å²) in [6, 6.07) is 0. The fourth-order valence-electron chi connectivity index (χ4n) is 0. The smallest absolute Gasteiger partial charge is 0.412 e. The van der Waals surface area contributed by atoms with Gasteiger partial charge in [-0.15, -0.1) is 0 Å². The fourth-order valence-corrected chi connectivity index (χ4v) is 0. The summed E-state index contributed by atoms with van der Waals surface area (Å²) in [7, 11) is 6.50. The molecule has 0 aromatic carbocycles. The third-order valence-corrected chi connectivity index (χ3v) is 1.19. The van der Waals surface area contributed by atoms with Crippen molar-refractivity contribution < 1.29 is 472 Å². The van der Waals surface area contributed by atoms with Gasteiger partial charge in [-0.3, -0.25) is 4.57 Å². The van der Waals surface area contributed by atoms with Crippen LogP contribution in [0.3, 0.4) is 0 Å². The van der Waals surface area contributed by atoms with E-state index in [4.69, 9.17) is 70.5 Å². The molecule has 0 fully saturated rings. The van der Waals surface area contributed by atoms with Crippen LogP contribution in [0.15, 0.2) is 0 Å². The minimum atomic E-state index is -2.18. The average Bonchev–Trinajstić information content (AvgIpc) is 2.85. The first kappa shape index (κ1) is 465. The monoisotopic (exact) mass is 1950 g/mol. The van der Waals surface area contributed by atoms with Crippen molar-refractivity contribution in [2.24, 2.45) is 0 Å². The molecule has 0 aromatic rings. The summed E-state index contributed by atoms with van der Waals surface area (Å²) in [4.78, 5) is 23.2. The number of aliphatic hydroxyl groups excluding tert-OH is 9. The van der Waals surface area contributed by atoms with E-state index in [1.165, 1.54) is 0 Å². The number of aliphatic hydroxyl groups is 9. The van der Waals surface area contributed by atoms with Crippen molar-refractivity contribution in [3.63, 3.8) is 0 Å². The van der Waals surface area contributed by atoms with Crippen LogP contribution in [-0.4, -0.2) is 212 Å². The molecular formula is C15H90O30P4Zr12-2. The topological polar surface area (TPSA) is 762 Å². The van der Waals surface area contributed by atoms with Crippen molar-refractivity contribution >= 4 is 33.2 Å². The van der Waals surface area contributed by atoms with Crippen molar-refractivity contribution in [1.82, 2.24) is 0 Å². The van der Waals surface area contributed by atoms with Gasteiger partial charge < -0.3 is 187 Å². The van der Waals surface area contributed by atoms with Crippen LogP contribution in [-0.2, 0) is 324 Å². The first-order valence-corrected chi connectivity index (χ1v) is 11.2. The van der Waals surface area contributed by atoms with Crippen LogP contribution in [0.25, 0.3) is 0 Å². The summed E-state index contributed by atoms with van der Waals surface area (Å²) in [5.41, 5.74) is 0. The van der Waals surface area contributed by atoms with Crippen molar-refractivity contribution in [1.29, 1.82) is 0 Å². The molecule has 2 atom stereocenters. The molecule has 0 spiro atoms. The van der Waals surface area contributed by atoms with E-state index in [-0.39, 0.29) is 441 Å². The van der Waals surface area contributed by atoms with E-state index in [1.807, 2.05) is 8.93 Å². The van der Waals surface area contributed by atoms with Crippen molar-refractivity contribution in [2.45, 2.75) is 0 Å². The van der Waals surface area contributed by atoms with Gasteiger partial charge in [-0.1, -0.05) is 0 Å². The van der Waals surface area contributed by atoms with Crippen molar-refractivity contribution in [3.8, 4) is 0 Å². The molecule has 0 rings (SSSR count). The van der Waals surface area contributed by atoms with E-state index in [0.29, 0.717) is 0 Å². The predicted octanol–water partition coefficient (Wildman–Crippen LogP) is -12.2. The van der Waals surface area contributed by atoms with E-state index < -0.39 is 24.3 Å². The summed E-state index contributed by atoms with van der Waals surface area (Å²) in [6.07, 6.45) is 0. The second kappa shape index (κ2) is 974. The molecule has 61 heavy (non-hydrogen) atoms. The molecule has 0 aromatic heterocycles. The van der Waals surface area contributed by atoms with Gasteiger partial charge in [-0.2, -0.15) is 4.67 Å². The minimum Gasteiger partial charge on any atom is -0.412 e. The third kappa shape index (κ3) is 1530. The van der Waals surface area contributed by atoms with Crippen LogP contribution >= 0.6 is 33.2 Å². The summed E-state index contributed by atoms with van der Waals surface area (Å²) in [5.74, 6) is 0. The maximum Gasteiger partial charge on any atom is 2.00 e. The molecule has 0 aliphatic heterocycles. The van der Waals surface area contributed by atoms with E-state index in [9.17, 15) is 0 Å². The van der Waals surface area contributed by atoms with Gasteiger partial charge in [0.2, 0.25) is 16.2 Å². The number of hydrogen-bond donors (Lipinski definition) is 13. The molecule has 0 radical (unpaired) electrons. The molecule has 0 heterocycles. The zero-order chi connectivity index (χ0) is 26.6. The van der Waals surface area contributed by atoms with Gasteiger partial charge >= 0.3 is 52.4 Å². The standard InChI is InChI=1S/9CH4O.6CH3.H2O3P2.H4O3P2.15H2O.12Zr/c9*1-2;;;;;;;1-4-5(2)3;1-3-5(2)4;;;;;;;;;;;;;;;;;;;;;;;;;;;/h9*2H,1H3;6*1H3;2-3H;1-2H,4H2;15*1H2;;;;;;;;;;;;/q;;;;;;;;;6*-1;;;;;;;;;;;;;;;;;;;;;;;;;;;;2*+2. The largest absolute Gasteiger partial charge is 2.00 e. The molecule has 46 heteroatoms. The van der Waals surface area contributed by atoms with Gasteiger partial charge in [0.25, 0.3) is 8.06 Å². The summed E-state index contributed by atoms with van der Waals surface area (Å²) >= 11 is 0. The second-order valence-corrected chi connectivity index (χ2v) is 5.09. The zero-order valence-corrected chi connectivity index (χ0v) is 70.4. The molecule has 400 valence electrons. The van der Waals surface area contributed by atoms with Gasteiger partial charge in [0, 0.05) is 326 Å². The van der Waals surface area contributed by atoms with Crippen LogP contribution < -0.4 is 0 Å². The Hall–Kier alpha value is 10.8. The van der Waals surface area contributed by atoms with E-state index in [2.05, 4.69) is 4.67 Å². The zero-order valence-electron chi connectivity index (χ0n) is 37.0. The number of hydrogen-bond acceptors (Lipinski definition) is 15. The minimum absolute atomic E-state index is 0. The average molecular weight is 1970 g/mol. The molecule has 0 saturated heterocycles. The van der Waals surface area contributed by atoms with E-state index in [0.717, 1.165) is 64.0 Å². The van der Waals surface area contributed by atoms with Gasteiger partial charge in [0.1, 0.15) is 0 Å². The van der Waals surface area contributed by atoms with Gasteiger partial charge in [0.05, 0.1) is 0 Å². The number of rotatable bonds is 2. The predicted molar refractivity (Wildman–Crippen MR) is 208 cm³/mol. The summed E-state index contributed by atoms with van der Waals surface area (Å²) in [5, 5.41) is 70.4. The Morgan fingerprint density at radius 3 is 0.361 bits per heavy atom. The summed E-state index contributed by atoms with van der Waals surface area (Å²) in [6.45, 7) is 0. The molecule has 0 amide bonds. The Kier molecular flexibility index (Phi) is 7430. The molecule has 43 N–H and O–H groups in total. The molecule has 30 nitrogen and oxygen atoms in total. The Balaban J connectivity index is -0.00000000120. The first-order chi connectivity index (χ1) is 13.5. The molecule has 0 aliphatic carbocycles. The molecule has 2 unspecified atom stereocenters. The molecule has 0 bridgehead atoms. The van der Waals surface area contributed by atoms with Crippen LogP contribution in [0.4, 0.5) is 0 Å². The van der Waals surface area contributed by atoms with Crippen LogP contribution in [0, 0.1) is 44.6 Å². The van der Waals surface area contributed by atoms with Crippen molar-refractivity contribution in [3.05, 3.63) is 44.6 Å². The van der Waals surface area contributed by atoms with E-state index >= 15 is 0 Å². The van der Waals surface area contributed by atoms with Gasteiger partial charge in [0.15, 0.2) is 0 Å². The third-order valence-electron chi connectivity index (χ3n) is 0.157. The second-order valence-electron chi connectivity index (χ2n) is 0.734. The van der Waals surface area contributed by atoms with Crippen molar-refractivity contribution in [2.75, 3.05) is 64.0 Å². The van der Waals surface area contributed by atoms with Gasteiger partial charge in [-0.05, 0) is 8.93 Å².